The van der Waals surface area contributed by atoms with E-state index >= 15 is 0 Å². The quantitative estimate of drug-likeness (QED) is 0.871. The molecule has 1 aliphatic heterocycles. The van der Waals surface area contributed by atoms with Gasteiger partial charge in [0.1, 0.15) is 5.82 Å². The zero-order valence-electron chi connectivity index (χ0n) is 11.4. The molecule has 0 bridgehead atoms. The number of rotatable bonds is 3. The summed E-state index contributed by atoms with van der Waals surface area (Å²) in [5.74, 6) is 0.903. The number of nitrogens with zero attached hydrogens (tertiary/aromatic N) is 4. The second-order valence-corrected chi connectivity index (χ2v) is 5.15. The molecule has 0 spiro atoms. The van der Waals surface area contributed by atoms with E-state index in [0.717, 1.165) is 49.9 Å². The van der Waals surface area contributed by atoms with Gasteiger partial charge in [-0.25, -0.2) is 4.98 Å². The van der Waals surface area contributed by atoms with E-state index < -0.39 is 0 Å². The Morgan fingerprint density at radius 2 is 2.10 bits per heavy atom. The fourth-order valence-electron chi connectivity index (χ4n) is 2.25. The summed E-state index contributed by atoms with van der Waals surface area (Å²) in [5, 5.41) is 4.98. The molecule has 0 radical (unpaired) electrons. The van der Waals surface area contributed by atoms with E-state index in [1.165, 1.54) is 0 Å². The lowest BCUT2D eigenvalue weighted by atomic mass is 10.2. The largest absolute Gasteiger partial charge is 0.378 e. The summed E-state index contributed by atoms with van der Waals surface area (Å²) in [6.07, 6.45) is 3.81. The van der Waals surface area contributed by atoms with Gasteiger partial charge in [-0.2, -0.15) is 5.10 Å². The molecule has 0 saturated carbocycles. The highest BCUT2D eigenvalue weighted by molar-refractivity contribution is 6.31. The number of hydrogen-bond donors (Lipinski definition) is 0. The number of anilines is 1. The maximum atomic E-state index is 6.23. The number of hydrogen-bond acceptors (Lipinski definition) is 4. The molecular weight excluding hydrogens is 276 g/mol. The van der Waals surface area contributed by atoms with E-state index in [0.29, 0.717) is 5.02 Å². The van der Waals surface area contributed by atoms with E-state index in [9.17, 15) is 0 Å². The summed E-state index contributed by atoms with van der Waals surface area (Å²) < 4.78 is 7.25. The van der Waals surface area contributed by atoms with Crippen molar-refractivity contribution in [3.05, 3.63) is 29.5 Å². The highest BCUT2D eigenvalue weighted by Crippen LogP contribution is 2.25. The third-order valence-electron chi connectivity index (χ3n) is 3.36. The van der Waals surface area contributed by atoms with Crippen molar-refractivity contribution < 1.29 is 4.74 Å². The minimum atomic E-state index is 0.695. The van der Waals surface area contributed by atoms with Crippen LogP contribution in [-0.4, -0.2) is 41.1 Å². The SMILES string of the molecule is CCn1cc(-c2cc(Cl)cc(N3CCOCC3)n2)cn1. The number of morpholine rings is 1. The van der Waals surface area contributed by atoms with Gasteiger partial charge in [-0.05, 0) is 19.1 Å². The van der Waals surface area contributed by atoms with Crippen LogP contribution in [0, 0.1) is 0 Å². The Morgan fingerprint density at radius 3 is 2.80 bits per heavy atom. The fraction of sp³-hybridized carbons (Fsp3) is 0.429. The predicted molar refractivity (Wildman–Crippen MR) is 79.2 cm³/mol. The van der Waals surface area contributed by atoms with Crippen LogP contribution in [0.1, 0.15) is 6.92 Å². The molecule has 3 heterocycles. The van der Waals surface area contributed by atoms with Gasteiger partial charge in [0.15, 0.2) is 0 Å². The maximum absolute atomic E-state index is 6.23. The number of pyridine rings is 1. The summed E-state index contributed by atoms with van der Waals surface area (Å²) in [7, 11) is 0. The second kappa shape index (κ2) is 5.81. The molecule has 6 heteroatoms. The van der Waals surface area contributed by atoms with Crippen molar-refractivity contribution in [1.29, 1.82) is 0 Å². The molecule has 1 saturated heterocycles. The zero-order chi connectivity index (χ0) is 13.9. The molecule has 0 N–H and O–H groups in total. The van der Waals surface area contributed by atoms with Crippen LogP contribution >= 0.6 is 11.6 Å². The Morgan fingerprint density at radius 1 is 1.30 bits per heavy atom. The first-order chi connectivity index (χ1) is 9.76. The fourth-order valence-corrected chi connectivity index (χ4v) is 2.46. The van der Waals surface area contributed by atoms with Gasteiger partial charge < -0.3 is 9.64 Å². The minimum absolute atomic E-state index is 0.695. The van der Waals surface area contributed by atoms with E-state index in [1.54, 1.807) is 0 Å². The molecule has 1 aliphatic rings. The average molecular weight is 293 g/mol. The Labute approximate surface area is 123 Å². The number of halogens is 1. The van der Waals surface area contributed by atoms with Crippen LogP contribution in [0.3, 0.4) is 0 Å². The molecule has 2 aromatic rings. The lowest BCUT2D eigenvalue weighted by Crippen LogP contribution is -2.36. The first kappa shape index (κ1) is 13.4. The predicted octanol–water partition coefficient (Wildman–Crippen LogP) is 2.46. The van der Waals surface area contributed by atoms with Gasteiger partial charge in [0.25, 0.3) is 0 Å². The van der Waals surface area contributed by atoms with Gasteiger partial charge in [-0.1, -0.05) is 11.6 Å². The van der Waals surface area contributed by atoms with Crippen LogP contribution in [0.2, 0.25) is 5.02 Å². The normalized spacial score (nSPS) is 15.6. The summed E-state index contributed by atoms with van der Waals surface area (Å²) in [6.45, 7) is 6.06. The van der Waals surface area contributed by atoms with E-state index in [-0.39, 0.29) is 0 Å². The lowest BCUT2D eigenvalue weighted by molar-refractivity contribution is 0.122. The number of aryl methyl sites for hydroxylation is 1. The van der Waals surface area contributed by atoms with Crippen LogP contribution in [0.5, 0.6) is 0 Å². The summed E-state index contributed by atoms with van der Waals surface area (Å²) in [4.78, 5) is 6.91. The topological polar surface area (TPSA) is 43.2 Å². The van der Waals surface area contributed by atoms with Crippen molar-refractivity contribution in [3.63, 3.8) is 0 Å². The van der Waals surface area contributed by atoms with Crippen molar-refractivity contribution in [3.8, 4) is 11.3 Å². The van der Waals surface area contributed by atoms with Crippen molar-refractivity contribution in [1.82, 2.24) is 14.8 Å². The molecule has 2 aromatic heterocycles. The molecule has 3 rings (SSSR count). The van der Waals surface area contributed by atoms with Crippen LogP contribution in [0.25, 0.3) is 11.3 Å². The molecule has 20 heavy (non-hydrogen) atoms. The summed E-state index contributed by atoms with van der Waals surface area (Å²) in [6, 6.07) is 3.78. The molecule has 0 unspecified atom stereocenters. The molecule has 1 fully saturated rings. The van der Waals surface area contributed by atoms with Crippen LogP contribution in [-0.2, 0) is 11.3 Å². The molecule has 0 atom stereocenters. The first-order valence-electron chi connectivity index (χ1n) is 6.79. The monoisotopic (exact) mass is 292 g/mol. The van der Waals surface area contributed by atoms with Crippen molar-refractivity contribution in [2.45, 2.75) is 13.5 Å². The zero-order valence-corrected chi connectivity index (χ0v) is 12.2. The Bertz CT molecular complexity index is 593. The molecule has 106 valence electrons. The van der Waals surface area contributed by atoms with E-state index in [4.69, 9.17) is 21.3 Å². The van der Waals surface area contributed by atoms with Crippen molar-refractivity contribution >= 4 is 17.4 Å². The summed E-state index contributed by atoms with van der Waals surface area (Å²) in [5.41, 5.74) is 1.85. The number of aromatic nitrogens is 3. The maximum Gasteiger partial charge on any atom is 0.130 e. The standard InChI is InChI=1S/C14H17ClN4O/c1-2-19-10-11(9-16-19)13-7-12(15)8-14(17-13)18-3-5-20-6-4-18/h7-10H,2-6H2,1H3. The highest BCUT2D eigenvalue weighted by Gasteiger charge is 2.14. The molecule has 5 nitrogen and oxygen atoms in total. The van der Waals surface area contributed by atoms with Gasteiger partial charge in [0, 0.05) is 36.4 Å². The Balaban J connectivity index is 1.93. The average Bonchev–Trinajstić information content (AvgIpc) is 2.96. The summed E-state index contributed by atoms with van der Waals surface area (Å²) >= 11 is 6.23. The van der Waals surface area contributed by atoms with E-state index in [1.807, 2.05) is 29.2 Å². The van der Waals surface area contributed by atoms with Gasteiger partial charge in [0.2, 0.25) is 0 Å². The minimum Gasteiger partial charge on any atom is -0.378 e. The Kier molecular flexibility index (Phi) is 3.89. The van der Waals surface area contributed by atoms with Crippen LogP contribution in [0.4, 0.5) is 5.82 Å². The molecule has 0 aliphatic carbocycles. The van der Waals surface area contributed by atoms with Crippen LogP contribution < -0.4 is 4.90 Å². The van der Waals surface area contributed by atoms with Crippen molar-refractivity contribution in [2.24, 2.45) is 0 Å². The molecule has 0 aromatic carbocycles. The Hall–Kier alpha value is -1.59. The van der Waals surface area contributed by atoms with Crippen LogP contribution in [0.15, 0.2) is 24.5 Å². The highest BCUT2D eigenvalue weighted by atomic mass is 35.5. The van der Waals surface area contributed by atoms with E-state index in [2.05, 4.69) is 16.9 Å². The van der Waals surface area contributed by atoms with Crippen molar-refractivity contribution in [2.75, 3.05) is 31.2 Å². The third kappa shape index (κ3) is 2.78. The number of ether oxygens (including phenoxy) is 1. The molecule has 0 amide bonds. The van der Waals surface area contributed by atoms with Gasteiger partial charge >= 0.3 is 0 Å². The van der Waals surface area contributed by atoms with Gasteiger partial charge in [0.05, 0.1) is 25.1 Å². The third-order valence-corrected chi connectivity index (χ3v) is 3.58. The van der Waals surface area contributed by atoms with Gasteiger partial charge in [-0.15, -0.1) is 0 Å². The lowest BCUT2D eigenvalue weighted by Gasteiger charge is -2.28. The second-order valence-electron chi connectivity index (χ2n) is 4.71. The first-order valence-corrected chi connectivity index (χ1v) is 7.17. The van der Waals surface area contributed by atoms with Gasteiger partial charge in [-0.3, -0.25) is 4.68 Å². The smallest absolute Gasteiger partial charge is 0.130 e. The molecular formula is C14H17ClN4O.